The Labute approximate surface area is 183 Å². The first kappa shape index (κ1) is 26.5. The van der Waals surface area contributed by atoms with Gasteiger partial charge in [0, 0.05) is 38.3 Å². The summed E-state index contributed by atoms with van der Waals surface area (Å²) >= 11 is 0.893. The Morgan fingerprint density at radius 1 is 0.839 bits per heavy atom. The third-order valence-electron chi connectivity index (χ3n) is 3.61. The third-order valence-corrected chi connectivity index (χ3v) is 10.0. The fraction of sp³-hybridized carbons (Fsp3) is 0.333. The number of rotatable bonds is 13. The minimum atomic E-state index is -4.59. The monoisotopic (exact) mass is 517 g/mol. The zero-order valence-corrected chi connectivity index (χ0v) is 20.7. The van der Waals surface area contributed by atoms with E-state index in [1.165, 1.54) is 7.11 Å². The average Bonchev–Trinajstić information content (AvgIpc) is 2.74. The second kappa shape index (κ2) is 11.4. The van der Waals surface area contributed by atoms with Crippen LogP contribution >= 0.6 is 35.2 Å². The second-order valence-corrected chi connectivity index (χ2v) is 12.4. The molecule has 0 aromatic heterocycles. The van der Waals surface area contributed by atoms with E-state index < -0.39 is 23.2 Å². The predicted octanol–water partition coefficient (Wildman–Crippen LogP) is 5.78. The summed E-state index contributed by atoms with van der Waals surface area (Å²) < 4.78 is 66.9. The Bertz CT molecular complexity index is 1040. The normalized spacial score (nSPS) is 17.6. The molecule has 0 saturated carbocycles. The van der Waals surface area contributed by atoms with Gasteiger partial charge in [-0.25, -0.2) is 18.3 Å². The molecule has 0 aliphatic carbocycles. The van der Waals surface area contributed by atoms with Crippen molar-refractivity contribution in [1.82, 2.24) is 0 Å². The first-order valence-corrected chi connectivity index (χ1v) is 14.1. The van der Waals surface area contributed by atoms with Gasteiger partial charge in [-0.3, -0.25) is 18.7 Å². The minimum absolute atomic E-state index is 0.312. The van der Waals surface area contributed by atoms with Gasteiger partial charge in [0.05, 0.1) is 24.8 Å². The van der Waals surface area contributed by atoms with E-state index in [1.807, 2.05) is 0 Å². The quantitative estimate of drug-likeness (QED) is 0.113. The van der Waals surface area contributed by atoms with Crippen molar-refractivity contribution in [3.8, 4) is 0 Å². The highest BCUT2D eigenvalue weighted by molar-refractivity contribution is 7.94. The van der Waals surface area contributed by atoms with E-state index in [0.717, 1.165) is 40.0 Å². The summed E-state index contributed by atoms with van der Waals surface area (Å²) in [5.74, 6) is 0. The number of hydrogen-bond acceptors (Lipinski definition) is 12. The maximum atomic E-state index is 13.2. The molecular weight excluding hydrogens is 495 g/mol. The molecule has 1 N–H and O–H groups in total. The Hall–Kier alpha value is -0.780. The highest BCUT2D eigenvalue weighted by atomic mass is 32.2. The lowest BCUT2D eigenvalue weighted by molar-refractivity contribution is -0.447. The van der Waals surface area contributed by atoms with Crippen LogP contribution in [0.4, 0.5) is 5.69 Å². The van der Waals surface area contributed by atoms with Gasteiger partial charge in [-0.15, -0.1) is 4.33 Å². The molecule has 0 aliphatic rings. The second-order valence-electron chi connectivity index (χ2n) is 5.58. The molecule has 174 valence electrons. The van der Waals surface area contributed by atoms with Crippen molar-refractivity contribution in [1.29, 1.82) is 0 Å². The van der Waals surface area contributed by atoms with Gasteiger partial charge in [0.1, 0.15) is 0 Å². The lowest BCUT2D eigenvalue weighted by Crippen LogP contribution is -2.05. The summed E-state index contributed by atoms with van der Waals surface area (Å²) in [6.45, 7) is 1.05. The van der Waals surface area contributed by atoms with Gasteiger partial charge in [-0.1, -0.05) is 29.3 Å². The molecule has 3 atom stereocenters. The highest BCUT2D eigenvalue weighted by Gasteiger charge is 2.42. The molecule has 0 saturated heterocycles. The number of benzene rings is 2. The Kier molecular flexibility index (Phi) is 9.72. The lowest BCUT2D eigenvalue weighted by Gasteiger charge is -2.24. The maximum Gasteiger partial charge on any atom is 0.490 e. The van der Waals surface area contributed by atoms with E-state index in [9.17, 15) is 13.7 Å². The van der Waals surface area contributed by atoms with Crippen LogP contribution in [0.1, 0.15) is 0 Å². The lowest BCUT2D eigenvalue weighted by atomic mass is 10.1. The van der Waals surface area contributed by atoms with E-state index in [-0.39, 0.29) is 0 Å². The molecule has 2 aromatic carbocycles. The smallest absolute Gasteiger partial charge is 0.312 e. The van der Waals surface area contributed by atoms with E-state index in [4.69, 9.17) is 22.0 Å². The first-order valence-electron chi connectivity index (χ1n) is 8.32. The molecule has 2 rings (SSSR count). The molecule has 16 heteroatoms. The van der Waals surface area contributed by atoms with Crippen LogP contribution in [0.25, 0.3) is 10.8 Å². The first-order chi connectivity index (χ1) is 14.6. The Morgan fingerprint density at radius 3 is 2.13 bits per heavy atom. The van der Waals surface area contributed by atoms with Crippen LogP contribution in [0.2, 0.25) is 0 Å². The van der Waals surface area contributed by atoms with Crippen molar-refractivity contribution in [3.05, 3.63) is 36.4 Å². The molecule has 0 amide bonds. The number of nitrogens with one attached hydrogen (secondary N) is 1. The Morgan fingerprint density at radius 2 is 1.52 bits per heavy atom. The third kappa shape index (κ3) is 7.36. The average molecular weight is 517 g/mol. The van der Waals surface area contributed by atoms with Crippen molar-refractivity contribution in [2.45, 2.75) is 4.90 Å². The molecule has 0 heterocycles. The van der Waals surface area contributed by atoms with Gasteiger partial charge in [0.15, 0.2) is 0 Å². The van der Waals surface area contributed by atoms with Crippen LogP contribution in [-0.4, -0.2) is 35.1 Å². The molecule has 0 fully saturated rings. The summed E-state index contributed by atoms with van der Waals surface area (Å²) in [7, 11) is -8.31. The van der Waals surface area contributed by atoms with E-state index >= 15 is 0 Å². The van der Waals surface area contributed by atoms with Crippen molar-refractivity contribution in [2.75, 3.05) is 40.2 Å². The zero-order valence-electron chi connectivity index (χ0n) is 17.2. The standard InChI is InChI=1S/C15H22NO11P3S/c1-20-24-25-31-15-11-7-8-12-13(15)9-6-10-14(12)16-29(18,22-3)27-30(19,23-4)26-28(5,17)21-2/h6-11H,1-5H3,(H,16,18). The number of phosphoric acid groups is 1. The van der Waals surface area contributed by atoms with E-state index in [0.29, 0.717) is 21.4 Å². The fourth-order valence-electron chi connectivity index (χ4n) is 2.20. The van der Waals surface area contributed by atoms with Gasteiger partial charge in [-0.2, -0.15) is 4.31 Å². The van der Waals surface area contributed by atoms with Crippen molar-refractivity contribution >= 4 is 51.7 Å². The van der Waals surface area contributed by atoms with Crippen molar-refractivity contribution in [3.63, 3.8) is 0 Å². The van der Waals surface area contributed by atoms with Gasteiger partial charge in [0.2, 0.25) is 0 Å². The van der Waals surface area contributed by atoms with Crippen LogP contribution < -0.4 is 5.09 Å². The summed E-state index contributed by atoms with van der Waals surface area (Å²) in [6, 6.07) is 10.3. The summed E-state index contributed by atoms with van der Waals surface area (Å²) in [6.07, 6.45) is 0. The topological polar surface area (TPSA) is 137 Å². The molecule has 12 nitrogen and oxygen atoms in total. The maximum absolute atomic E-state index is 13.2. The summed E-state index contributed by atoms with van der Waals surface area (Å²) in [5, 5.41) is 8.28. The van der Waals surface area contributed by atoms with Crippen LogP contribution in [0.3, 0.4) is 0 Å². The molecule has 0 spiro atoms. The van der Waals surface area contributed by atoms with Crippen LogP contribution in [0.15, 0.2) is 41.3 Å². The molecule has 3 unspecified atom stereocenters. The van der Waals surface area contributed by atoms with Crippen molar-refractivity contribution in [2.24, 2.45) is 0 Å². The zero-order chi connectivity index (χ0) is 23.1. The largest absolute Gasteiger partial charge is 0.490 e. The predicted molar refractivity (Wildman–Crippen MR) is 115 cm³/mol. The number of anilines is 1. The van der Waals surface area contributed by atoms with Gasteiger partial charge >= 0.3 is 23.2 Å². The van der Waals surface area contributed by atoms with Gasteiger partial charge in [0.25, 0.3) is 0 Å². The van der Waals surface area contributed by atoms with Crippen LogP contribution in [-0.2, 0) is 50.1 Å². The van der Waals surface area contributed by atoms with E-state index in [2.05, 4.69) is 19.5 Å². The highest BCUT2D eigenvalue weighted by Crippen LogP contribution is 2.70. The molecule has 0 radical (unpaired) electrons. The van der Waals surface area contributed by atoms with Crippen LogP contribution in [0, 0.1) is 0 Å². The molecule has 0 bridgehead atoms. The summed E-state index contributed by atoms with van der Waals surface area (Å²) in [4.78, 5) is 5.03. The van der Waals surface area contributed by atoms with Gasteiger partial charge in [-0.05, 0) is 17.5 Å². The molecule has 0 aliphatic heterocycles. The van der Waals surface area contributed by atoms with Crippen molar-refractivity contribution < 1.29 is 50.1 Å². The molecular formula is C15H22NO11P3S. The Balaban J connectivity index is 2.36. The van der Waals surface area contributed by atoms with Crippen LogP contribution in [0.5, 0.6) is 0 Å². The molecule has 2 aromatic rings. The number of hydrogen-bond donors (Lipinski definition) is 1. The fourth-order valence-corrected chi connectivity index (χ4v) is 7.47. The summed E-state index contributed by atoms with van der Waals surface area (Å²) in [5.41, 5.74) is 0.312. The van der Waals surface area contributed by atoms with E-state index in [1.54, 1.807) is 36.4 Å². The molecule has 31 heavy (non-hydrogen) atoms. The minimum Gasteiger partial charge on any atom is -0.312 e. The SMILES string of the molecule is COOOSc1cccc2c(NP(=O)(OC)OP(=O)(OC)OP(C)(=O)OC)cccc12. The number of fused-ring (bicyclic) bond motifs is 1. The van der Waals surface area contributed by atoms with Gasteiger partial charge < -0.3 is 4.52 Å².